The Morgan fingerprint density at radius 1 is 1.06 bits per heavy atom. The molecule has 1 saturated heterocycles. The second kappa shape index (κ2) is 12.5. The van der Waals surface area contributed by atoms with Gasteiger partial charge in [0.15, 0.2) is 21.3 Å². The summed E-state index contributed by atoms with van der Waals surface area (Å²) in [6.45, 7) is 2.53. The van der Waals surface area contributed by atoms with Crippen molar-refractivity contribution in [2.75, 3.05) is 37.5 Å². The number of sulfone groups is 1. The smallest absolute Gasteiger partial charge is 0.350 e. The van der Waals surface area contributed by atoms with Crippen molar-refractivity contribution in [3.05, 3.63) is 87.9 Å². The van der Waals surface area contributed by atoms with E-state index in [0.29, 0.717) is 12.1 Å². The van der Waals surface area contributed by atoms with Gasteiger partial charge in [-0.05, 0) is 49.8 Å². The molecule has 0 aliphatic carbocycles. The molecule has 0 bridgehead atoms. The maximum atomic E-state index is 15.9. The van der Waals surface area contributed by atoms with E-state index in [1.807, 2.05) is 0 Å². The molecule has 2 aromatic carbocycles. The lowest BCUT2D eigenvalue weighted by Gasteiger charge is -2.40. The highest BCUT2D eigenvalue weighted by atomic mass is 32.2. The Morgan fingerprint density at radius 3 is 2.40 bits per heavy atom. The van der Waals surface area contributed by atoms with E-state index < -0.39 is 74.4 Å². The van der Waals surface area contributed by atoms with Crippen LogP contribution in [0.25, 0.3) is 28.0 Å². The van der Waals surface area contributed by atoms with Crippen LogP contribution in [0.2, 0.25) is 0 Å². The van der Waals surface area contributed by atoms with Gasteiger partial charge in [0.1, 0.15) is 24.0 Å². The van der Waals surface area contributed by atoms with Gasteiger partial charge < -0.3 is 9.80 Å². The Morgan fingerprint density at radius 2 is 1.77 bits per heavy atom. The average molecular weight is 680 g/mol. The Bertz CT molecular complexity index is 2100. The minimum absolute atomic E-state index is 0.0514. The van der Waals surface area contributed by atoms with Crippen molar-refractivity contribution < 1.29 is 39.6 Å². The number of hydrogen-bond acceptors (Lipinski definition) is 7. The summed E-state index contributed by atoms with van der Waals surface area (Å²) < 4.78 is 112. The van der Waals surface area contributed by atoms with Crippen LogP contribution in [-0.2, 0) is 20.8 Å². The van der Waals surface area contributed by atoms with Crippen LogP contribution in [0, 0.1) is 18.6 Å². The molecule has 2 aromatic heterocycles. The van der Waals surface area contributed by atoms with Gasteiger partial charge in [0.25, 0.3) is 0 Å². The summed E-state index contributed by atoms with van der Waals surface area (Å²) in [7, 11) is -4.03. The molecule has 0 radical (unpaired) electrons. The molecule has 16 heteroatoms. The summed E-state index contributed by atoms with van der Waals surface area (Å²) in [4.78, 5) is 37.3. The zero-order chi connectivity index (χ0) is 34.4. The molecule has 1 aliphatic heterocycles. The highest BCUT2D eigenvalue weighted by Gasteiger charge is 2.37. The standard InChI is InChI=1S/C31H27F6N5O4S/c1-17-7-4-10-23(47(3,45)46)27(17)42-29-19(15-22(34)26(38-29)25-20(31(35,36)37)8-5-9-21(25)33)28(39-30(42)44)41-14-13-40(16-18(41)2)24(43)11-6-12-32/h4-11,15,18H,12-14,16H2,1-3H3/b11-6+/t18-/m0/s1. The zero-order valence-corrected chi connectivity index (χ0v) is 26.0. The number of aryl methyl sites for hydroxylation is 1. The van der Waals surface area contributed by atoms with E-state index in [1.54, 1.807) is 11.8 Å². The SMILES string of the molecule is Cc1cccc(S(C)(=O)=O)c1-n1c(=O)nc(N2CCN(C(=O)/C=C/CF)C[C@@H]2C)c2cc(F)c(-c3c(F)cccc3C(F)(F)F)nc21. The van der Waals surface area contributed by atoms with Gasteiger partial charge in [-0.2, -0.15) is 18.2 Å². The molecule has 248 valence electrons. The lowest BCUT2D eigenvalue weighted by Crippen LogP contribution is -2.54. The van der Waals surface area contributed by atoms with Crippen molar-refractivity contribution in [3.63, 3.8) is 0 Å². The summed E-state index contributed by atoms with van der Waals surface area (Å²) in [6, 6.07) is 6.39. The molecular formula is C31H27F6N5O4S. The molecule has 0 N–H and O–H groups in total. The van der Waals surface area contributed by atoms with Crippen LogP contribution in [0.15, 0.2) is 64.3 Å². The number of allylic oxidation sites excluding steroid dienone is 1. The molecule has 1 aliphatic rings. The number of halogens is 6. The molecule has 1 amide bonds. The first-order valence-corrected chi connectivity index (χ1v) is 16.0. The predicted molar refractivity (Wildman–Crippen MR) is 162 cm³/mol. The van der Waals surface area contributed by atoms with Gasteiger partial charge in [0.2, 0.25) is 5.91 Å². The molecule has 0 spiro atoms. The third kappa shape index (κ3) is 6.33. The number of carbonyl (C=O) groups is 1. The number of aromatic nitrogens is 3. The van der Waals surface area contributed by atoms with E-state index in [-0.39, 0.29) is 47.0 Å². The molecule has 1 fully saturated rings. The van der Waals surface area contributed by atoms with Gasteiger partial charge in [-0.1, -0.05) is 18.2 Å². The molecule has 47 heavy (non-hydrogen) atoms. The van der Waals surface area contributed by atoms with Gasteiger partial charge in [0, 0.05) is 38.0 Å². The Hall–Kier alpha value is -4.73. The summed E-state index contributed by atoms with van der Waals surface area (Å²) in [6.07, 6.45) is -2.10. The molecule has 9 nitrogen and oxygen atoms in total. The fraction of sp³-hybridized carbons (Fsp3) is 0.290. The third-order valence-corrected chi connectivity index (χ3v) is 8.87. The summed E-state index contributed by atoms with van der Waals surface area (Å²) in [5.74, 6) is -3.40. The highest BCUT2D eigenvalue weighted by Crippen LogP contribution is 2.40. The Kier molecular flexibility index (Phi) is 8.92. The van der Waals surface area contributed by atoms with Crippen LogP contribution in [0.5, 0.6) is 0 Å². The van der Waals surface area contributed by atoms with Crippen LogP contribution in [-0.4, -0.2) is 72.4 Å². The lowest BCUT2D eigenvalue weighted by atomic mass is 10.0. The van der Waals surface area contributed by atoms with E-state index in [9.17, 15) is 35.6 Å². The van der Waals surface area contributed by atoms with Crippen LogP contribution in [0.4, 0.5) is 32.2 Å². The molecule has 1 atom stereocenters. The molecule has 4 aromatic rings. The lowest BCUT2D eigenvalue weighted by molar-refractivity contribution is -0.137. The van der Waals surface area contributed by atoms with Crippen LogP contribution < -0.4 is 10.6 Å². The van der Waals surface area contributed by atoms with Crippen molar-refractivity contribution in [1.82, 2.24) is 19.4 Å². The van der Waals surface area contributed by atoms with Gasteiger partial charge in [0.05, 0.1) is 27.1 Å². The zero-order valence-electron chi connectivity index (χ0n) is 25.1. The number of benzene rings is 2. The first-order chi connectivity index (χ1) is 22.0. The minimum atomic E-state index is -5.12. The van der Waals surface area contributed by atoms with Gasteiger partial charge in [-0.15, -0.1) is 0 Å². The molecule has 0 saturated carbocycles. The second-order valence-corrected chi connectivity index (χ2v) is 13.0. The predicted octanol–water partition coefficient (Wildman–Crippen LogP) is 5.02. The van der Waals surface area contributed by atoms with Gasteiger partial charge >= 0.3 is 11.9 Å². The molecule has 3 heterocycles. The summed E-state index contributed by atoms with van der Waals surface area (Å²) >= 11 is 0. The first kappa shape index (κ1) is 33.6. The number of amides is 1. The van der Waals surface area contributed by atoms with Crippen LogP contribution >= 0.6 is 0 Å². The van der Waals surface area contributed by atoms with Gasteiger partial charge in [-0.3, -0.25) is 4.79 Å². The number of piperazine rings is 1. The fourth-order valence-electron chi connectivity index (χ4n) is 5.64. The number of rotatable bonds is 6. The van der Waals surface area contributed by atoms with Gasteiger partial charge in [-0.25, -0.2) is 35.9 Å². The van der Waals surface area contributed by atoms with E-state index >= 15 is 8.78 Å². The Labute approximate surface area is 264 Å². The van der Waals surface area contributed by atoms with Crippen molar-refractivity contribution >= 4 is 32.6 Å². The minimum Gasteiger partial charge on any atom is -0.350 e. The van der Waals surface area contributed by atoms with Crippen molar-refractivity contribution in [3.8, 4) is 16.9 Å². The largest absolute Gasteiger partial charge is 0.417 e. The van der Waals surface area contributed by atoms with E-state index in [0.717, 1.165) is 35.1 Å². The quantitative estimate of drug-likeness (QED) is 0.208. The first-order valence-electron chi connectivity index (χ1n) is 14.1. The average Bonchev–Trinajstić information content (AvgIpc) is 2.99. The van der Waals surface area contributed by atoms with Crippen molar-refractivity contribution in [1.29, 1.82) is 0 Å². The topological polar surface area (TPSA) is 105 Å². The van der Waals surface area contributed by atoms with Crippen molar-refractivity contribution in [2.24, 2.45) is 0 Å². The number of hydrogen-bond donors (Lipinski definition) is 0. The maximum absolute atomic E-state index is 15.9. The summed E-state index contributed by atoms with van der Waals surface area (Å²) in [5, 5.41) is -0.192. The number of alkyl halides is 4. The van der Waals surface area contributed by atoms with Crippen LogP contribution in [0.1, 0.15) is 18.1 Å². The fourth-order valence-corrected chi connectivity index (χ4v) is 6.57. The monoisotopic (exact) mass is 679 g/mol. The number of pyridine rings is 1. The maximum Gasteiger partial charge on any atom is 0.417 e. The van der Waals surface area contributed by atoms with Crippen molar-refractivity contribution in [2.45, 2.75) is 31.0 Å². The number of carbonyl (C=O) groups excluding carboxylic acids is 1. The van der Waals surface area contributed by atoms with E-state index in [1.165, 1.54) is 30.0 Å². The number of nitrogens with zero attached hydrogens (tertiary/aromatic N) is 5. The number of fused-ring (bicyclic) bond motifs is 1. The van der Waals surface area contributed by atoms with E-state index in [4.69, 9.17) is 0 Å². The number of anilines is 1. The Balaban J connectivity index is 1.83. The third-order valence-electron chi connectivity index (χ3n) is 7.74. The molecule has 5 rings (SSSR count). The summed E-state index contributed by atoms with van der Waals surface area (Å²) in [5.41, 5.74) is -5.35. The second-order valence-electron chi connectivity index (χ2n) is 11.0. The highest BCUT2D eigenvalue weighted by molar-refractivity contribution is 7.90. The molecule has 0 unspecified atom stereocenters. The normalized spacial score (nSPS) is 16.0. The molecular weight excluding hydrogens is 652 g/mol. The van der Waals surface area contributed by atoms with E-state index in [2.05, 4.69) is 9.97 Å². The van der Waals surface area contributed by atoms with Crippen LogP contribution in [0.3, 0.4) is 0 Å². The number of para-hydroxylation sites is 1.